The van der Waals surface area contributed by atoms with E-state index in [4.69, 9.17) is 10.5 Å². The highest BCUT2D eigenvalue weighted by Crippen LogP contribution is 2.35. The maximum Gasteiger partial charge on any atom is 0.254 e. The lowest BCUT2D eigenvalue weighted by molar-refractivity contribution is 0.0192. The zero-order valence-electron chi connectivity index (χ0n) is 16.9. The number of anilines is 2. The summed E-state index contributed by atoms with van der Waals surface area (Å²) in [4.78, 5) is 11.9. The Kier molecular flexibility index (Phi) is 5.91. The Hall–Kier alpha value is -2.89. The molecule has 0 bridgehead atoms. The number of nitrogens with one attached hydrogen (secondary N) is 1. The number of carbonyl (C=O) groups excluding carboxylic acids is 1. The largest absolute Gasteiger partial charge is 0.393 e. The Morgan fingerprint density at radius 1 is 1.38 bits per heavy atom. The van der Waals surface area contributed by atoms with Crippen LogP contribution in [0.5, 0.6) is 0 Å². The van der Waals surface area contributed by atoms with E-state index in [-0.39, 0.29) is 17.5 Å². The molecule has 0 unspecified atom stereocenters. The van der Waals surface area contributed by atoms with Crippen molar-refractivity contribution < 1.29 is 14.6 Å². The number of aliphatic hydroxyl groups excluding tert-OH is 1. The molecule has 1 saturated carbocycles. The van der Waals surface area contributed by atoms with Gasteiger partial charge in [0.25, 0.3) is 5.91 Å². The van der Waals surface area contributed by atoms with Crippen molar-refractivity contribution in [2.24, 2.45) is 11.7 Å². The van der Waals surface area contributed by atoms with Gasteiger partial charge in [-0.3, -0.25) is 9.48 Å². The highest BCUT2D eigenvalue weighted by molar-refractivity contribution is 5.98. The number of hydrogen-bond acceptors (Lipinski definition) is 6. The molecule has 8 nitrogen and oxygen atoms in total. The van der Waals surface area contributed by atoms with Gasteiger partial charge < -0.3 is 20.9 Å². The quantitative estimate of drug-likeness (QED) is 0.688. The van der Waals surface area contributed by atoms with Gasteiger partial charge in [-0.15, -0.1) is 0 Å². The first kappa shape index (κ1) is 20.8. The Labute approximate surface area is 170 Å². The fraction of sp³-hybridized carbons (Fsp3) is 0.476. The lowest BCUT2D eigenvalue weighted by atomic mass is 9.84. The first-order chi connectivity index (χ1) is 13.7. The topological polar surface area (TPSA) is 126 Å². The van der Waals surface area contributed by atoms with Crippen LogP contribution in [0.1, 0.15) is 55.1 Å². The molecule has 1 heterocycles. The minimum Gasteiger partial charge on any atom is -0.393 e. The van der Waals surface area contributed by atoms with Gasteiger partial charge in [-0.05, 0) is 50.8 Å². The number of amides is 1. The molecule has 2 aromatic rings. The monoisotopic (exact) mass is 397 g/mol. The Bertz CT molecular complexity index is 913. The predicted molar refractivity (Wildman–Crippen MR) is 109 cm³/mol. The fourth-order valence-electron chi connectivity index (χ4n) is 3.63. The van der Waals surface area contributed by atoms with Crippen molar-refractivity contribution in [3.8, 4) is 6.07 Å². The average molecular weight is 397 g/mol. The number of primary amides is 1. The van der Waals surface area contributed by atoms with Crippen LogP contribution in [-0.4, -0.2) is 34.0 Å². The second kappa shape index (κ2) is 8.23. The van der Waals surface area contributed by atoms with Crippen LogP contribution in [0.25, 0.3) is 0 Å². The highest BCUT2D eigenvalue weighted by atomic mass is 16.5. The molecule has 3 atom stereocenters. The highest BCUT2D eigenvalue weighted by Gasteiger charge is 2.32. The number of methoxy groups -OCH3 is 1. The Morgan fingerprint density at radius 3 is 2.66 bits per heavy atom. The third-order valence-electron chi connectivity index (χ3n) is 5.64. The number of aromatic nitrogens is 2. The Balaban J connectivity index is 1.86. The first-order valence-electron chi connectivity index (χ1n) is 9.64. The minimum absolute atomic E-state index is 0.207. The van der Waals surface area contributed by atoms with Crippen LogP contribution in [0.2, 0.25) is 0 Å². The van der Waals surface area contributed by atoms with E-state index in [0.29, 0.717) is 25.1 Å². The van der Waals surface area contributed by atoms with E-state index in [9.17, 15) is 15.2 Å². The zero-order chi connectivity index (χ0) is 21.2. The summed E-state index contributed by atoms with van der Waals surface area (Å²) in [6.45, 7) is 3.96. The molecule has 154 valence electrons. The summed E-state index contributed by atoms with van der Waals surface area (Å²) in [6.07, 6.45) is 2.70. The molecule has 0 saturated heterocycles. The molecule has 29 heavy (non-hydrogen) atoms. The molecule has 3 rings (SSSR count). The zero-order valence-corrected chi connectivity index (χ0v) is 16.9. The standard InChI is InChI=1S/C21H27N5O3/c1-21(2,29-3)14-4-6-15(7-5-14)24-20-17(19(23)28)12-26(25-20)18-9-8-16(27)10-13(18)11-22/h4-7,12-13,16,18,27H,8-10H2,1-3H3,(H2,23,28)(H,24,25)/t13-,16-,18+/m1/s1. The summed E-state index contributed by atoms with van der Waals surface area (Å²) in [7, 11) is 1.66. The molecule has 1 aromatic carbocycles. The minimum atomic E-state index is -0.597. The average Bonchev–Trinajstić information content (AvgIpc) is 3.12. The van der Waals surface area contributed by atoms with Gasteiger partial charge in [-0.1, -0.05) is 12.1 Å². The van der Waals surface area contributed by atoms with E-state index in [1.165, 1.54) is 0 Å². The smallest absolute Gasteiger partial charge is 0.254 e. The lowest BCUT2D eigenvalue weighted by Gasteiger charge is -2.30. The summed E-state index contributed by atoms with van der Waals surface area (Å²) < 4.78 is 7.12. The van der Waals surface area contributed by atoms with Gasteiger partial charge >= 0.3 is 0 Å². The van der Waals surface area contributed by atoms with E-state index in [1.54, 1.807) is 18.0 Å². The van der Waals surface area contributed by atoms with Gasteiger partial charge in [0.15, 0.2) is 5.82 Å². The van der Waals surface area contributed by atoms with Crippen molar-refractivity contribution in [3.63, 3.8) is 0 Å². The summed E-state index contributed by atoms with van der Waals surface area (Å²) >= 11 is 0. The number of rotatable bonds is 6. The van der Waals surface area contributed by atoms with Crippen molar-refractivity contribution in [3.05, 3.63) is 41.6 Å². The lowest BCUT2D eigenvalue weighted by Crippen LogP contribution is -2.29. The molecule has 0 aliphatic heterocycles. The van der Waals surface area contributed by atoms with Crippen LogP contribution in [0, 0.1) is 17.2 Å². The van der Waals surface area contributed by atoms with Gasteiger partial charge in [0.05, 0.1) is 29.7 Å². The van der Waals surface area contributed by atoms with Crippen molar-refractivity contribution >= 4 is 17.4 Å². The number of carbonyl (C=O) groups is 1. The third-order valence-corrected chi connectivity index (χ3v) is 5.64. The van der Waals surface area contributed by atoms with Crippen LogP contribution in [-0.2, 0) is 10.3 Å². The molecular formula is C21H27N5O3. The van der Waals surface area contributed by atoms with E-state index < -0.39 is 17.6 Å². The summed E-state index contributed by atoms with van der Waals surface area (Å²) in [6, 6.07) is 9.70. The van der Waals surface area contributed by atoms with Crippen LogP contribution in [0.4, 0.5) is 11.5 Å². The number of nitrogens with zero attached hydrogens (tertiary/aromatic N) is 3. The molecule has 0 spiro atoms. The number of nitriles is 1. The Morgan fingerprint density at radius 2 is 2.07 bits per heavy atom. The molecule has 4 N–H and O–H groups in total. The number of hydrogen-bond donors (Lipinski definition) is 3. The normalized spacial score (nSPS) is 22.1. The van der Waals surface area contributed by atoms with Gasteiger partial charge in [-0.2, -0.15) is 10.4 Å². The van der Waals surface area contributed by atoms with Crippen molar-refractivity contribution in [1.82, 2.24) is 9.78 Å². The van der Waals surface area contributed by atoms with Crippen LogP contribution >= 0.6 is 0 Å². The predicted octanol–water partition coefficient (Wildman–Crippen LogP) is 2.83. The van der Waals surface area contributed by atoms with Crippen LogP contribution in [0.15, 0.2) is 30.5 Å². The van der Waals surface area contributed by atoms with Crippen molar-refractivity contribution in [2.45, 2.75) is 50.9 Å². The summed E-state index contributed by atoms with van der Waals surface area (Å²) in [5, 5.41) is 26.9. The first-order valence-corrected chi connectivity index (χ1v) is 9.64. The van der Waals surface area contributed by atoms with Gasteiger partial charge in [0.1, 0.15) is 5.56 Å². The van der Waals surface area contributed by atoms with E-state index in [2.05, 4.69) is 16.5 Å². The van der Waals surface area contributed by atoms with E-state index in [1.807, 2.05) is 38.1 Å². The number of ether oxygens (including phenoxy) is 1. The maximum atomic E-state index is 11.9. The number of nitrogens with two attached hydrogens (primary N) is 1. The molecule has 1 amide bonds. The summed E-state index contributed by atoms with van der Waals surface area (Å²) in [5.74, 6) is -0.623. The molecule has 8 heteroatoms. The van der Waals surface area contributed by atoms with Gasteiger partial charge in [-0.25, -0.2) is 0 Å². The molecule has 1 aliphatic carbocycles. The SMILES string of the molecule is COC(C)(C)c1ccc(Nc2nn([C@H]3CC[C@@H](O)C[C@@H]3C#N)cc2C(N)=O)cc1. The maximum absolute atomic E-state index is 11.9. The van der Waals surface area contributed by atoms with E-state index >= 15 is 0 Å². The van der Waals surface area contributed by atoms with Crippen LogP contribution in [0.3, 0.4) is 0 Å². The second-order valence-electron chi connectivity index (χ2n) is 7.92. The molecule has 1 fully saturated rings. The molecule has 1 aromatic heterocycles. The fourth-order valence-corrected chi connectivity index (χ4v) is 3.63. The van der Waals surface area contributed by atoms with Gasteiger partial charge in [0.2, 0.25) is 0 Å². The second-order valence-corrected chi connectivity index (χ2v) is 7.92. The van der Waals surface area contributed by atoms with Crippen LogP contribution < -0.4 is 11.1 Å². The third kappa shape index (κ3) is 4.42. The van der Waals surface area contributed by atoms with Crippen molar-refractivity contribution in [1.29, 1.82) is 5.26 Å². The number of aliphatic hydroxyl groups is 1. The van der Waals surface area contributed by atoms with Gasteiger partial charge in [0, 0.05) is 19.0 Å². The molecule has 0 radical (unpaired) electrons. The summed E-state index contributed by atoms with van der Waals surface area (Å²) in [5.41, 5.74) is 7.17. The van der Waals surface area contributed by atoms with Crippen molar-refractivity contribution in [2.75, 3.05) is 12.4 Å². The number of benzene rings is 1. The molecular weight excluding hydrogens is 370 g/mol. The van der Waals surface area contributed by atoms with E-state index in [0.717, 1.165) is 11.3 Å². The molecule has 1 aliphatic rings.